The Labute approximate surface area is 81.0 Å². The summed E-state index contributed by atoms with van der Waals surface area (Å²) in [5.41, 5.74) is 0. The summed E-state index contributed by atoms with van der Waals surface area (Å²) in [5, 5.41) is 0.465. The second-order valence-corrected chi connectivity index (χ2v) is 3.66. The van der Waals surface area contributed by atoms with Gasteiger partial charge in [0.2, 0.25) is 0 Å². The SMILES string of the molecule is C=CS(=O)(=O)O.CCN(CC)CC. The van der Waals surface area contributed by atoms with Crippen molar-refractivity contribution in [1.29, 1.82) is 0 Å². The number of hydrogen-bond donors (Lipinski definition) is 1. The molecule has 0 bridgehead atoms. The Morgan fingerprint density at radius 2 is 1.46 bits per heavy atom. The van der Waals surface area contributed by atoms with E-state index in [0.717, 1.165) is 0 Å². The maximum Gasteiger partial charge on any atom is 0.287 e. The normalized spacial score (nSPS) is 10.5. The molecule has 0 saturated heterocycles. The van der Waals surface area contributed by atoms with Gasteiger partial charge in [-0.2, -0.15) is 8.42 Å². The van der Waals surface area contributed by atoms with Crippen LogP contribution in [0.2, 0.25) is 0 Å². The Morgan fingerprint density at radius 1 is 1.23 bits per heavy atom. The molecule has 0 saturated carbocycles. The molecule has 0 amide bonds. The molecule has 4 nitrogen and oxygen atoms in total. The van der Waals surface area contributed by atoms with Crippen LogP contribution in [0, 0.1) is 0 Å². The Morgan fingerprint density at radius 3 is 1.46 bits per heavy atom. The third-order valence-electron chi connectivity index (χ3n) is 1.55. The summed E-state index contributed by atoms with van der Waals surface area (Å²) >= 11 is 0. The molecule has 5 heteroatoms. The average molecular weight is 209 g/mol. The molecule has 0 radical (unpaired) electrons. The minimum absolute atomic E-state index is 0.465. The summed E-state index contributed by atoms with van der Waals surface area (Å²) in [4.78, 5) is 2.38. The van der Waals surface area contributed by atoms with Crippen molar-refractivity contribution in [1.82, 2.24) is 4.90 Å². The lowest BCUT2D eigenvalue weighted by Crippen LogP contribution is -2.21. The molecule has 0 heterocycles. The molecule has 0 spiro atoms. The molecule has 0 aromatic rings. The van der Waals surface area contributed by atoms with Crippen molar-refractivity contribution >= 4 is 10.1 Å². The Balaban J connectivity index is 0. The van der Waals surface area contributed by atoms with Gasteiger partial charge < -0.3 is 4.90 Å². The van der Waals surface area contributed by atoms with Crippen LogP contribution in [0.15, 0.2) is 12.0 Å². The van der Waals surface area contributed by atoms with Crippen LogP contribution < -0.4 is 0 Å². The third kappa shape index (κ3) is 14.5. The van der Waals surface area contributed by atoms with Gasteiger partial charge in [0.05, 0.1) is 5.41 Å². The van der Waals surface area contributed by atoms with E-state index in [1.165, 1.54) is 19.6 Å². The average Bonchev–Trinajstić information content (AvgIpc) is 2.07. The molecule has 0 atom stereocenters. The summed E-state index contributed by atoms with van der Waals surface area (Å²) in [6, 6.07) is 0. The largest absolute Gasteiger partial charge is 0.304 e. The van der Waals surface area contributed by atoms with Crippen molar-refractivity contribution in [3.63, 3.8) is 0 Å². The van der Waals surface area contributed by atoms with Crippen LogP contribution in [0.5, 0.6) is 0 Å². The van der Waals surface area contributed by atoms with E-state index in [0.29, 0.717) is 5.41 Å². The molecule has 0 fully saturated rings. The molecule has 0 aromatic heterocycles. The van der Waals surface area contributed by atoms with Gasteiger partial charge in [-0.1, -0.05) is 27.4 Å². The van der Waals surface area contributed by atoms with E-state index >= 15 is 0 Å². The highest BCUT2D eigenvalue weighted by Crippen LogP contribution is 1.81. The molecular formula is C8H19NO3S. The van der Waals surface area contributed by atoms with Gasteiger partial charge in [-0.3, -0.25) is 4.55 Å². The molecular weight excluding hydrogens is 190 g/mol. The van der Waals surface area contributed by atoms with Crippen LogP contribution in [0.25, 0.3) is 0 Å². The minimum Gasteiger partial charge on any atom is -0.304 e. The summed E-state index contributed by atoms with van der Waals surface area (Å²) in [6.07, 6.45) is 0. The molecule has 0 rings (SSSR count). The minimum atomic E-state index is -3.90. The highest BCUT2D eigenvalue weighted by molar-refractivity contribution is 7.88. The van der Waals surface area contributed by atoms with Gasteiger partial charge in [-0.15, -0.1) is 0 Å². The van der Waals surface area contributed by atoms with Crippen LogP contribution in [-0.2, 0) is 10.1 Å². The first-order chi connectivity index (χ1) is 5.91. The summed E-state index contributed by atoms with van der Waals surface area (Å²) < 4.78 is 26.6. The van der Waals surface area contributed by atoms with Gasteiger partial charge in [0.1, 0.15) is 0 Å². The standard InChI is InChI=1S/C6H15N.C2H4O3S/c1-4-7(5-2)6-3;1-2-6(3,4)5/h4-6H2,1-3H3;2H,1H2,(H,3,4,5). The zero-order valence-corrected chi connectivity index (χ0v) is 9.34. The van der Waals surface area contributed by atoms with Gasteiger partial charge in [-0.05, 0) is 19.6 Å². The second-order valence-electron chi connectivity index (χ2n) is 2.30. The zero-order chi connectivity index (χ0) is 10.9. The first-order valence-electron chi connectivity index (χ1n) is 4.23. The van der Waals surface area contributed by atoms with Crippen LogP contribution in [0.1, 0.15) is 20.8 Å². The summed E-state index contributed by atoms with van der Waals surface area (Å²) in [6.45, 7) is 12.9. The Kier molecular flexibility index (Phi) is 9.55. The molecule has 80 valence electrons. The van der Waals surface area contributed by atoms with E-state index in [1.807, 2.05) is 0 Å². The van der Waals surface area contributed by atoms with Crippen molar-refractivity contribution < 1.29 is 13.0 Å². The van der Waals surface area contributed by atoms with Gasteiger partial charge in [-0.25, -0.2) is 0 Å². The van der Waals surface area contributed by atoms with Crippen molar-refractivity contribution in [2.45, 2.75) is 20.8 Å². The zero-order valence-electron chi connectivity index (χ0n) is 8.52. The molecule has 0 aliphatic heterocycles. The topological polar surface area (TPSA) is 57.6 Å². The van der Waals surface area contributed by atoms with E-state index < -0.39 is 10.1 Å². The molecule has 13 heavy (non-hydrogen) atoms. The van der Waals surface area contributed by atoms with E-state index in [-0.39, 0.29) is 0 Å². The van der Waals surface area contributed by atoms with Gasteiger partial charge >= 0.3 is 0 Å². The molecule has 0 aliphatic carbocycles. The number of hydrogen-bond acceptors (Lipinski definition) is 3. The maximum atomic E-state index is 9.44. The highest BCUT2D eigenvalue weighted by atomic mass is 32.2. The Hall–Kier alpha value is -0.390. The van der Waals surface area contributed by atoms with E-state index in [2.05, 4.69) is 32.3 Å². The third-order valence-corrected chi connectivity index (χ3v) is 1.97. The van der Waals surface area contributed by atoms with Crippen LogP contribution >= 0.6 is 0 Å². The fraction of sp³-hybridized carbons (Fsp3) is 0.750. The maximum absolute atomic E-state index is 9.44. The summed E-state index contributed by atoms with van der Waals surface area (Å²) in [5.74, 6) is 0. The van der Waals surface area contributed by atoms with Crippen LogP contribution in [0.4, 0.5) is 0 Å². The predicted octanol–water partition coefficient (Wildman–Crippen LogP) is 1.37. The molecule has 0 unspecified atom stereocenters. The smallest absolute Gasteiger partial charge is 0.287 e. The summed E-state index contributed by atoms with van der Waals surface area (Å²) in [7, 11) is -3.90. The first-order valence-corrected chi connectivity index (χ1v) is 5.73. The lowest BCUT2D eigenvalue weighted by atomic mass is 10.5. The first kappa shape index (κ1) is 15.1. The van der Waals surface area contributed by atoms with Gasteiger partial charge in [0.25, 0.3) is 10.1 Å². The van der Waals surface area contributed by atoms with E-state index in [4.69, 9.17) is 4.55 Å². The monoisotopic (exact) mass is 209 g/mol. The van der Waals surface area contributed by atoms with Crippen molar-refractivity contribution in [2.24, 2.45) is 0 Å². The van der Waals surface area contributed by atoms with Crippen molar-refractivity contribution in [3.8, 4) is 0 Å². The molecule has 0 aromatic carbocycles. The molecule has 0 aliphatic rings. The number of rotatable bonds is 4. The highest BCUT2D eigenvalue weighted by Gasteiger charge is 1.89. The quantitative estimate of drug-likeness (QED) is 0.710. The van der Waals surface area contributed by atoms with Crippen molar-refractivity contribution in [3.05, 3.63) is 12.0 Å². The van der Waals surface area contributed by atoms with Gasteiger partial charge in [0, 0.05) is 0 Å². The number of nitrogens with zero attached hydrogens (tertiary/aromatic N) is 1. The molecule has 1 N–H and O–H groups in total. The van der Waals surface area contributed by atoms with E-state index in [1.54, 1.807) is 0 Å². The Bertz CT molecular complexity index is 190. The lowest BCUT2D eigenvalue weighted by molar-refractivity contribution is 0.321. The van der Waals surface area contributed by atoms with Crippen LogP contribution in [-0.4, -0.2) is 37.5 Å². The van der Waals surface area contributed by atoms with Crippen molar-refractivity contribution in [2.75, 3.05) is 19.6 Å². The predicted molar refractivity (Wildman–Crippen MR) is 55.2 cm³/mol. The second kappa shape index (κ2) is 8.22. The fourth-order valence-corrected chi connectivity index (χ4v) is 0.671. The van der Waals surface area contributed by atoms with Crippen LogP contribution in [0.3, 0.4) is 0 Å². The van der Waals surface area contributed by atoms with E-state index in [9.17, 15) is 8.42 Å². The van der Waals surface area contributed by atoms with Gasteiger partial charge in [0.15, 0.2) is 0 Å². The lowest BCUT2D eigenvalue weighted by Gasteiger charge is -2.13. The fourth-order valence-electron chi connectivity index (χ4n) is 0.671.